The van der Waals surface area contributed by atoms with Crippen molar-refractivity contribution in [2.75, 3.05) is 13.2 Å². The molecule has 0 aliphatic carbocycles. The molecule has 0 aromatic rings. The Morgan fingerprint density at radius 2 is 0.894 bits per heavy atom. The minimum absolute atomic E-state index is 0.255. The largest absolute Gasteiger partial charge is 0.394 e. The molecule has 0 spiro atoms. The molecule has 0 bridgehead atoms. The molecule has 11 nitrogen and oxygen atoms in total. The Morgan fingerprint density at radius 3 is 1.30 bits per heavy atom. The zero-order valence-corrected chi connectivity index (χ0v) is 42.4. The van der Waals surface area contributed by atoms with Crippen LogP contribution in [0.2, 0.25) is 0 Å². The molecule has 1 heterocycles. The van der Waals surface area contributed by atoms with Gasteiger partial charge in [-0.05, 0) is 64.2 Å². The molecule has 0 saturated carbocycles. The van der Waals surface area contributed by atoms with Crippen LogP contribution in [0.15, 0.2) is 24.3 Å². The van der Waals surface area contributed by atoms with Crippen molar-refractivity contribution in [2.24, 2.45) is 0 Å². The molecule has 390 valence electrons. The highest BCUT2D eigenvalue weighted by Gasteiger charge is 2.44. The van der Waals surface area contributed by atoms with E-state index in [0.29, 0.717) is 12.8 Å². The van der Waals surface area contributed by atoms with Crippen LogP contribution < -0.4 is 5.32 Å². The van der Waals surface area contributed by atoms with Gasteiger partial charge in [-0.3, -0.25) is 4.79 Å². The summed E-state index contributed by atoms with van der Waals surface area (Å²) >= 11 is 0. The lowest BCUT2D eigenvalue weighted by atomic mass is 9.98. The summed E-state index contributed by atoms with van der Waals surface area (Å²) in [6.45, 7) is 3.42. The van der Waals surface area contributed by atoms with Gasteiger partial charge in [-0.2, -0.15) is 0 Å². The number of hydrogen-bond donors (Lipinski definition) is 8. The van der Waals surface area contributed by atoms with Gasteiger partial charge in [0.15, 0.2) is 6.29 Å². The van der Waals surface area contributed by atoms with Crippen LogP contribution in [0.5, 0.6) is 0 Å². The maximum Gasteiger partial charge on any atom is 0.249 e. The lowest BCUT2D eigenvalue weighted by molar-refractivity contribution is -0.303. The molecule has 1 saturated heterocycles. The summed E-state index contributed by atoms with van der Waals surface area (Å²) in [4.78, 5) is 13.1. The second-order valence-corrected chi connectivity index (χ2v) is 19.6. The summed E-state index contributed by atoms with van der Waals surface area (Å²) < 4.78 is 11.1. The molecule has 9 atom stereocenters. The molecule has 11 heteroatoms. The summed E-state index contributed by atoms with van der Waals surface area (Å²) in [6, 6.07) is -1.18. The van der Waals surface area contributed by atoms with Crippen molar-refractivity contribution in [3.8, 4) is 0 Å². The molecule has 0 radical (unpaired) electrons. The monoisotopic (exact) mass is 940 g/mol. The summed E-state index contributed by atoms with van der Waals surface area (Å²) in [5, 5.41) is 75.8. The fourth-order valence-corrected chi connectivity index (χ4v) is 8.91. The van der Waals surface area contributed by atoms with Crippen LogP contribution >= 0.6 is 0 Å². The van der Waals surface area contributed by atoms with Crippen LogP contribution in [-0.4, -0.2) is 110 Å². The van der Waals surface area contributed by atoms with E-state index in [9.17, 15) is 40.5 Å². The smallest absolute Gasteiger partial charge is 0.249 e. The Kier molecular flexibility index (Phi) is 42.5. The zero-order valence-electron chi connectivity index (χ0n) is 42.4. The first-order valence-electron chi connectivity index (χ1n) is 27.7. The number of carbonyl (C=O) groups excluding carboxylic acids is 1. The number of aliphatic hydroxyl groups excluding tert-OH is 7. The fourth-order valence-electron chi connectivity index (χ4n) is 8.91. The number of amides is 1. The van der Waals surface area contributed by atoms with E-state index in [1.54, 1.807) is 0 Å². The van der Waals surface area contributed by atoms with Gasteiger partial charge in [0.2, 0.25) is 5.91 Å². The third-order valence-electron chi connectivity index (χ3n) is 13.5. The predicted octanol–water partition coefficient (Wildman–Crippen LogP) is 11.0. The normalized spacial score (nSPS) is 20.9. The van der Waals surface area contributed by atoms with E-state index in [4.69, 9.17) is 9.47 Å². The van der Waals surface area contributed by atoms with Gasteiger partial charge in [-0.1, -0.05) is 212 Å². The number of allylic oxidation sites excluding steroid dienone is 4. The van der Waals surface area contributed by atoms with E-state index >= 15 is 0 Å². The van der Waals surface area contributed by atoms with E-state index in [0.717, 1.165) is 38.5 Å². The highest BCUT2D eigenvalue weighted by atomic mass is 16.7. The molecule has 1 aliphatic heterocycles. The van der Waals surface area contributed by atoms with Crippen LogP contribution in [0.1, 0.15) is 251 Å². The van der Waals surface area contributed by atoms with Crippen LogP contribution in [0.3, 0.4) is 0 Å². The standard InChI is InChI=1S/C55H105NO10/c1-3-5-7-9-11-13-15-16-17-18-19-20-21-22-23-24-25-26-27-28-29-30-31-33-35-37-39-41-43-48(59)54(64)56-46(45-65-55-53(63)52(62)51(61)49(44-57)66-55)50(60)47(58)42-40-38-36-34-32-14-12-10-8-6-4-2/h22-23,34,36,46-53,55,57-63H,3-21,24-33,35,37-45H2,1-2H3,(H,56,64)/b23-22-,36-34+. The number of unbranched alkanes of at least 4 members (excludes halogenated alkanes) is 31. The number of hydrogen-bond acceptors (Lipinski definition) is 10. The van der Waals surface area contributed by atoms with Gasteiger partial charge in [-0.15, -0.1) is 0 Å². The Bertz CT molecular complexity index is 1120. The number of nitrogens with one attached hydrogen (secondary N) is 1. The first kappa shape index (κ1) is 62.6. The van der Waals surface area contributed by atoms with Crippen molar-refractivity contribution in [3.05, 3.63) is 24.3 Å². The lowest BCUT2D eigenvalue weighted by Crippen LogP contribution is -2.60. The maximum absolute atomic E-state index is 13.1. The molecule has 0 aromatic heterocycles. The molecule has 1 aliphatic rings. The third kappa shape index (κ3) is 33.2. The predicted molar refractivity (Wildman–Crippen MR) is 270 cm³/mol. The molecular weight excluding hydrogens is 835 g/mol. The van der Waals surface area contributed by atoms with E-state index in [2.05, 4.69) is 43.5 Å². The second kappa shape index (κ2) is 44.8. The summed E-state index contributed by atoms with van der Waals surface area (Å²) in [5.74, 6) is -0.706. The zero-order chi connectivity index (χ0) is 48.3. The van der Waals surface area contributed by atoms with Crippen LogP contribution in [-0.2, 0) is 14.3 Å². The highest BCUT2D eigenvalue weighted by molar-refractivity contribution is 5.80. The number of aliphatic hydroxyl groups is 7. The van der Waals surface area contributed by atoms with Crippen LogP contribution in [0.25, 0.3) is 0 Å². The SMILES string of the molecule is CCCCCCCC/C=C/CCCC(O)C(O)C(COC1OC(CO)C(O)C(O)C1O)NC(=O)C(O)CCCCCCCCCCCCCC/C=C\CCCCCCCCCCCCCC. The minimum atomic E-state index is -1.67. The average Bonchev–Trinajstić information content (AvgIpc) is 3.32. The van der Waals surface area contributed by atoms with Gasteiger partial charge < -0.3 is 50.5 Å². The van der Waals surface area contributed by atoms with Gasteiger partial charge in [0, 0.05) is 0 Å². The van der Waals surface area contributed by atoms with E-state index in [1.165, 1.54) is 173 Å². The number of ether oxygens (including phenoxy) is 2. The van der Waals surface area contributed by atoms with E-state index in [-0.39, 0.29) is 12.8 Å². The van der Waals surface area contributed by atoms with Crippen molar-refractivity contribution in [3.63, 3.8) is 0 Å². The summed E-state index contributed by atoms with van der Waals surface area (Å²) in [6.07, 6.45) is 41.1. The molecule has 66 heavy (non-hydrogen) atoms. The van der Waals surface area contributed by atoms with E-state index in [1.807, 2.05) is 0 Å². The molecule has 8 N–H and O–H groups in total. The van der Waals surface area contributed by atoms with Gasteiger partial charge in [0.05, 0.1) is 25.4 Å². The first-order valence-corrected chi connectivity index (χ1v) is 27.7. The minimum Gasteiger partial charge on any atom is -0.394 e. The Morgan fingerprint density at radius 1 is 0.515 bits per heavy atom. The molecule has 9 unspecified atom stereocenters. The number of carbonyl (C=O) groups is 1. The Labute approximate surface area is 404 Å². The van der Waals surface area contributed by atoms with Crippen LogP contribution in [0, 0.1) is 0 Å². The average molecular weight is 940 g/mol. The highest BCUT2D eigenvalue weighted by Crippen LogP contribution is 2.23. The maximum atomic E-state index is 13.1. The lowest BCUT2D eigenvalue weighted by Gasteiger charge is -2.40. The third-order valence-corrected chi connectivity index (χ3v) is 13.5. The molecular formula is C55H105NO10. The molecule has 1 amide bonds. The van der Waals surface area contributed by atoms with Crippen molar-refractivity contribution in [2.45, 2.75) is 306 Å². The quantitative estimate of drug-likeness (QED) is 0.0215. The van der Waals surface area contributed by atoms with Gasteiger partial charge in [-0.25, -0.2) is 0 Å². The van der Waals surface area contributed by atoms with Crippen LogP contribution in [0.4, 0.5) is 0 Å². The fraction of sp³-hybridized carbons (Fsp3) is 0.909. The van der Waals surface area contributed by atoms with E-state index < -0.39 is 74.2 Å². The van der Waals surface area contributed by atoms with Crippen molar-refractivity contribution < 1.29 is 50.0 Å². The van der Waals surface area contributed by atoms with Gasteiger partial charge in [0.25, 0.3) is 0 Å². The topological polar surface area (TPSA) is 189 Å². The molecule has 0 aromatic carbocycles. The van der Waals surface area contributed by atoms with Crippen molar-refractivity contribution in [1.29, 1.82) is 0 Å². The van der Waals surface area contributed by atoms with Crippen molar-refractivity contribution in [1.82, 2.24) is 5.32 Å². The first-order chi connectivity index (χ1) is 32.2. The number of rotatable bonds is 47. The Hall–Kier alpha value is -1.41. The summed E-state index contributed by atoms with van der Waals surface area (Å²) in [7, 11) is 0. The molecule has 1 fully saturated rings. The Balaban J connectivity index is 2.24. The van der Waals surface area contributed by atoms with Gasteiger partial charge in [0.1, 0.15) is 36.6 Å². The molecule has 1 rings (SSSR count). The summed E-state index contributed by atoms with van der Waals surface area (Å²) in [5.41, 5.74) is 0. The van der Waals surface area contributed by atoms with Gasteiger partial charge >= 0.3 is 0 Å². The second-order valence-electron chi connectivity index (χ2n) is 19.6. The van der Waals surface area contributed by atoms with Crippen molar-refractivity contribution >= 4 is 5.91 Å².